The minimum Gasteiger partial charge on any atom is -0.375 e. The summed E-state index contributed by atoms with van der Waals surface area (Å²) < 4.78 is 5.75. The maximum Gasteiger partial charge on any atom is 0.0717 e. The zero-order valence-corrected chi connectivity index (χ0v) is 10.0. The molecule has 0 saturated carbocycles. The molecule has 2 rings (SSSR count). The molecule has 0 bridgehead atoms. The molecule has 1 heterocycles. The van der Waals surface area contributed by atoms with Crippen molar-refractivity contribution in [2.45, 2.75) is 38.8 Å². The molecule has 2 nitrogen and oxygen atoms in total. The second-order valence-corrected chi connectivity index (χ2v) is 4.65. The van der Waals surface area contributed by atoms with E-state index in [4.69, 9.17) is 4.74 Å². The molecule has 1 fully saturated rings. The molecule has 1 unspecified atom stereocenters. The van der Waals surface area contributed by atoms with Gasteiger partial charge >= 0.3 is 0 Å². The molecule has 1 aromatic carbocycles. The van der Waals surface area contributed by atoms with Gasteiger partial charge in [-0.15, -0.1) is 0 Å². The van der Waals surface area contributed by atoms with E-state index >= 15 is 0 Å². The average molecular weight is 219 g/mol. The topological polar surface area (TPSA) is 21.3 Å². The zero-order chi connectivity index (χ0) is 11.2. The Kier molecular flexibility index (Phi) is 4.37. The Hall–Kier alpha value is -0.860. The van der Waals surface area contributed by atoms with Crippen molar-refractivity contribution in [3.05, 3.63) is 35.4 Å². The summed E-state index contributed by atoms with van der Waals surface area (Å²) in [6.45, 7) is 4.85. The van der Waals surface area contributed by atoms with Gasteiger partial charge in [0.1, 0.15) is 0 Å². The van der Waals surface area contributed by atoms with Crippen LogP contribution in [0.3, 0.4) is 0 Å². The highest BCUT2D eigenvalue weighted by molar-refractivity contribution is 5.21. The summed E-state index contributed by atoms with van der Waals surface area (Å²) in [6, 6.07) is 9.09. The van der Waals surface area contributed by atoms with E-state index in [0.29, 0.717) is 6.04 Å². The Labute approximate surface area is 98.0 Å². The van der Waals surface area contributed by atoms with Crippen molar-refractivity contribution in [3.63, 3.8) is 0 Å². The number of rotatable bonds is 4. The SMILES string of the molecule is Cc1cccc(COCC2CCCCN2)c1. The van der Waals surface area contributed by atoms with Crippen molar-refractivity contribution < 1.29 is 4.74 Å². The number of hydrogen-bond acceptors (Lipinski definition) is 2. The number of benzene rings is 1. The van der Waals surface area contributed by atoms with Gasteiger partial charge in [0.2, 0.25) is 0 Å². The fourth-order valence-electron chi connectivity index (χ4n) is 2.19. The van der Waals surface area contributed by atoms with Gasteiger partial charge in [-0.05, 0) is 31.9 Å². The molecule has 0 radical (unpaired) electrons. The number of piperidine rings is 1. The van der Waals surface area contributed by atoms with Gasteiger partial charge in [-0.3, -0.25) is 0 Å². The maximum atomic E-state index is 5.75. The highest BCUT2D eigenvalue weighted by atomic mass is 16.5. The number of aryl methyl sites for hydroxylation is 1. The molecule has 0 aliphatic carbocycles. The van der Waals surface area contributed by atoms with E-state index in [1.165, 1.54) is 30.4 Å². The Morgan fingerprint density at radius 2 is 2.31 bits per heavy atom. The Morgan fingerprint density at radius 3 is 3.06 bits per heavy atom. The van der Waals surface area contributed by atoms with Gasteiger partial charge in [-0.2, -0.15) is 0 Å². The lowest BCUT2D eigenvalue weighted by Gasteiger charge is -2.23. The van der Waals surface area contributed by atoms with Crippen molar-refractivity contribution in [2.24, 2.45) is 0 Å². The standard InChI is InChI=1S/C14H21NO/c1-12-5-4-6-13(9-12)10-16-11-14-7-2-3-8-15-14/h4-6,9,14-15H,2-3,7-8,10-11H2,1H3. The first-order valence-electron chi connectivity index (χ1n) is 6.21. The van der Waals surface area contributed by atoms with Crippen molar-refractivity contribution in [2.75, 3.05) is 13.2 Å². The predicted molar refractivity (Wildman–Crippen MR) is 66.5 cm³/mol. The van der Waals surface area contributed by atoms with Crippen LogP contribution >= 0.6 is 0 Å². The molecule has 1 aliphatic heterocycles. The van der Waals surface area contributed by atoms with Crippen LogP contribution in [0.5, 0.6) is 0 Å². The highest BCUT2D eigenvalue weighted by Crippen LogP contribution is 2.09. The molecule has 0 amide bonds. The van der Waals surface area contributed by atoms with Crippen LogP contribution in [0.25, 0.3) is 0 Å². The Morgan fingerprint density at radius 1 is 1.38 bits per heavy atom. The third-order valence-electron chi connectivity index (χ3n) is 3.08. The molecule has 2 heteroatoms. The van der Waals surface area contributed by atoms with Crippen LogP contribution in [0.15, 0.2) is 24.3 Å². The summed E-state index contributed by atoms with van der Waals surface area (Å²) in [6.07, 6.45) is 3.91. The molecule has 1 atom stereocenters. The third kappa shape index (κ3) is 3.62. The van der Waals surface area contributed by atoms with Crippen LogP contribution in [0.4, 0.5) is 0 Å². The summed E-state index contributed by atoms with van der Waals surface area (Å²) in [5, 5.41) is 3.49. The molecule has 0 aromatic heterocycles. The van der Waals surface area contributed by atoms with E-state index in [9.17, 15) is 0 Å². The molecular formula is C14H21NO. The molecule has 1 N–H and O–H groups in total. The monoisotopic (exact) mass is 219 g/mol. The molecule has 88 valence electrons. The first kappa shape index (κ1) is 11.6. The highest BCUT2D eigenvalue weighted by Gasteiger charge is 2.11. The summed E-state index contributed by atoms with van der Waals surface area (Å²) in [7, 11) is 0. The fourth-order valence-corrected chi connectivity index (χ4v) is 2.19. The molecule has 1 aromatic rings. The second-order valence-electron chi connectivity index (χ2n) is 4.65. The van der Waals surface area contributed by atoms with Crippen LogP contribution in [-0.4, -0.2) is 19.2 Å². The molecular weight excluding hydrogens is 198 g/mol. The van der Waals surface area contributed by atoms with Gasteiger partial charge in [0.25, 0.3) is 0 Å². The summed E-state index contributed by atoms with van der Waals surface area (Å²) in [4.78, 5) is 0. The lowest BCUT2D eigenvalue weighted by Crippen LogP contribution is -2.37. The average Bonchev–Trinajstić information content (AvgIpc) is 2.30. The molecule has 1 saturated heterocycles. The van der Waals surface area contributed by atoms with Crippen LogP contribution in [0, 0.1) is 6.92 Å². The van der Waals surface area contributed by atoms with Gasteiger partial charge in [0, 0.05) is 6.04 Å². The quantitative estimate of drug-likeness (QED) is 0.840. The minimum atomic E-state index is 0.568. The van der Waals surface area contributed by atoms with Crippen molar-refractivity contribution in [1.82, 2.24) is 5.32 Å². The number of ether oxygens (including phenoxy) is 1. The van der Waals surface area contributed by atoms with Crippen molar-refractivity contribution >= 4 is 0 Å². The number of hydrogen-bond donors (Lipinski definition) is 1. The van der Waals surface area contributed by atoms with Gasteiger partial charge in [0.05, 0.1) is 13.2 Å². The van der Waals surface area contributed by atoms with E-state index in [-0.39, 0.29) is 0 Å². The van der Waals surface area contributed by atoms with Gasteiger partial charge in [-0.1, -0.05) is 36.2 Å². The van der Waals surface area contributed by atoms with Crippen LogP contribution < -0.4 is 5.32 Å². The predicted octanol–water partition coefficient (Wildman–Crippen LogP) is 2.65. The van der Waals surface area contributed by atoms with Crippen molar-refractivity contribution in [3.8, 4) is 0 Å². The van der Waals surface area contributed by atoms with Crippen LogP contribution in [-0.2, 0) is 11.3 Å². The maximum absolute atomic E-state index is 5.75. The van der Waals surface area contributed by atoms with Crippen LogP contribution in [0.1, 0.15) is 30.4 Å². The largest absolute Gasteiger partial charge is 0.375 e. The van der Waals surface area contributed by atoms with Crippen molar-refractivity contribution in [1.29, 1.82) is 0 Å². The summed E-state index contributed by atoms with van der Waals surface area (Å²) in [5.41, 5.74) is 2.58. The van der Waals surface area contributed by atoms with Crippen LogP contribution in [0.2, 0.25) is 0 Å². The normalized spacial score (nSPS) is 20.9. The smallest absolute Gasteiger partial charge is 0.0717 e. The lowest BCUT2D eigenvalue weighted by molar-refractivity contribution is 0.0911. The Balaban J connectivity index is 1.71. The van der Waals surface area contributed by atoms with E-state index in [0.717, 1.165) is 19.8 Å². The summed E-state index contributed by atoms with van der Waals surface area (Å²) >= 11 is 0. The molecule has 0 spiro atoms. The minimum absolute atomic E-state index is 0.568. The second kappa shape index (κ2) is 6.02. The Bertz CT molecular complexity index is 318. The third-order valence-corrected chi connectivity index (χ3v) is 3.08. The zero-order valence-electron chi connectivity index (χ0n) is 10.0. The van der Waals surface area contributed by atoms with E-state index in [1.807, 2.05) is 0 Å². The van der Waals surface area contributed by atoms with E-state index in [1.54, 1.807) is 0 Å². The molecule has 16 heavy (non-hydrogen) atoms. The first-order valence-corrected chi connectivity index (χ1v) is 6.21. The molecule has 1 aliphatic rings. The fraction of sp³-hybridized carbons (Fsp3) is 0.571. The van der Waals surface area contributed by atoms with Gasteiger partial charge in [-0.25, -0.2) is 0 Å². The van der Waals surface area contributed by atoms with E-state index < -0.39 is 0 Å². The van der Waals surface area contributed by atoms with Gasteiger partial charge < -0.3 is 10.1 Å². The number of nitrogens with one attached hydrogen (secondary N) is 1. The summed E-state index contributed by atoms with van der Waals surface area (Å²) in [5.74, 6) is 0. The lowest BCUT2D eigenvalue weighted by atomic mass is 10.1. The van der Waals surface area contributed by atoms with E-state index in [2.05, 4.69) is 36.5 Å². The first-order chi connectivity index (χ1) is 7.84. The van der Waals surface area contributed by atoms with Gasteiger partial charge in [0.15, 0.2) is 0 Å².